The average molecular weight is 227 g/mol. The number of carbonyl (C=O) groups excluding carboxylic acids is 3. The standard InChI is InChI=1S/C10H17N3O3/c1-10(2)5-8(15)13(9(16)6-10)4-3-7(14)12-11/h3-6,11H2,1-2H3,(H,12,14). The van der Waals surface area contributed by atoms with Gasteiger partial charge in [0.25, 0.3) is 0 Å². The zero-order valence-corrected chi connectivity index (χ0v) is 9.58. The molecule has 0 aromatic rings. The summed E-state index contributed by atoms with van der Waals surface area (Å²) in [5.74, 6) is 4.10. The van der Waals surface area contributed by atoms with E-state index in [4.69, 9.17) is 5.84 Å². The van der Waals surface area contributed by atoms with E-state index in [0.29, 0.717) is 12.8 Å². The molecule has 1 saturated heterocycles. The van der Waals surface area contributed by atoms with Gasteiger partial charge in [0, 0.05) is 25.8 Å². The van der Waals surface area contributed by atoms with Gasteiger partial charge in [-0.05, 0) is 5.41 Å². The number of carbonyl (C=O) groups is 3. The molecule has 0 aromatic heterocycles. The van der Waals surface area contributed by atoms with Gasteiger partial charge in [0.05, 0.1) is 0 Å². The lowest BCUT2D eigenvalue weighted by atomic mass is 9.82. The molecule has 0 aliphatic carbocycles. The number of nitrogens with one attached hydrogen (secondary N) is 1. The Kier molecular flexibility index (Phi) is 3.64. The van der Waals surface area contributed by atoms with E-state index in [1.165, 1.54) is 0 Å². The van der Waals surface area contributed by atoms with Crippen molar-refractivity contribution in [3.63, 3.8) is 0 Å². The van der Waals surface area contributed by atoms with Gasteiger partial charge in [0.1, 0.15) is 0 Å². The van der Waals surface area contributed by atoms with Crippen LogP contribution in [0.4, 0.5) is 0 Å². The molecule has 0 radical (unpaired) electrons. The van der Waals surface area contributed by atoms with E-state index >= 15 is 0 Å². The number of likely N-dealkylation sites (tertiary alicyclic amines) is 1. The highest BCUT2D eigenvalue weighted by Gasteiger charge is 2.37. The van der Waals surface area contributed by atoms with E-state index in [-0.39, 0.29) is 36.1 Å². The first-order chi connectivity index (χ1) is 7.35. The maximum absolute atomic E-state index is 11.7. The summed E-state index contributed by atoms with van der Waals surface area (Å²) in [7, 11) is 0. The Morgan fingerprint density at radius 1 is 1.38 bits per heavy atom. The molecule has 0 bridgehead atoms. The Labute approximate surface area is 94.1 Å². The Morgan fingerprint density at radius 2 is 1.88 bits per heavy atom. The van der Waals surface area contributed by atoms with Gasteiger partial charge in [-0.1, -0.05) is 13.8 Å². The number of hydrogen-bond donors (Lipinski definition) is 2. The molecule has 6 heteroatoms. The molecule has 0 aromatic carbocycles. The first kappa shape index (κ1) is 12.6. The van der Waals surface area contributed by atoms with Crippen molar-refractivity contribution in [2.75, 3.05) is 6.54 Å². The van der Waals surface area contributed by atoms with Gasteiger partial charge >= 0.3 is 0 Å². The second kappa shape index (κ2) is 4.61. The van der Waals surface area contributed by atoms with E-state index < -0.39 is 0 Å². The fourth-order valence-electron chi connectivity index (χ4n) is 1.75. The third kappa shape index (κ3) is 3.03. The van der Waals surface area contributed by atoms with Crippen LogP contribution < -0.4 is 11.3 Å². The molecular formula is C10H17N3O3. The van der Waals surface area contributed by atoms with Gasteiger partial charge in [-0.3, -0.25) is 24.7 Å². The summed E-state index contributed by atoms with van der Waals surface area (Å²) < 4.78 is 0. The van der Waals surface area contributed by atoms with E-state index in [9.17, 15) is 14.4 Å². The summed E-state index contributed by atoms with van der Waals surface area (Å²) >= 11 is 0. The fourth-order valence-corrected chi connectivity index (χ4v) is 1.75. The first-order valence-electron chi connectivity index (χ1n) is 5.18. The number of piperidine rings is 1. The lowest BCUT2D eigenvalue weighted by molar-refractivity contribution is -0.152. The summed E-state index contributed by atoms with van der Waals surface area (Å²) in [6.07, 6.45) is 0.723. The van der Waals surface area contributed by atoms with Crippen LogP contribution >= 0.6 is 0 Å². The van der Waals surface area contributed by atoms with Crippen LogP contribution in [0.15, 0.2) is 0 Å². The number of imide groups is 1. The topological polar surface area (TPSA) is 92.5 Å². The summed E-state index contributed by atoms with van der Waals surface area (Å²) in [5, 5.41) is 0. The average Bonchev–Trinajstić information content (AvgIpc) is 2.14. The van der Waals surface area contributed by atoms with Gasteiger partial charge < -0.3 is 0 Å². The summed E-state index contributed by atoms with van der Waals surface area (Å²) in [4.78, 5) is 35.4. The van der Waals surface area contributed by atoms with Gasteiger partial charge in [0.2, 0.25) is 17.7 Å². The molecule has 1 rings (SSSR count). The number of nitrogens with zero attached hydrogens (tertiary/aromatic N) is 1. The molecule has 1 aliphatic heterocycles. The van der Waals surface area contributed by atoms with Crippen molar-refractivity contribution in [2.45, 2.75) is 33.1 Å². The number of nitrogens with two attached hydrogens (primary N) is 1. The minimum Gasteiger partial charge on any atom is -0.294 e. The normalized spacial score (nSPS) is 19.8. The number of rotatable bonds is 3. The summed E-state index contributed by atoms with van der Waals surface area (Å²) in [5.41, 5.74) is 1.69. The second-order valence-electron chi connectivity index (χ2n) is 4.77. The van der Waals surface area contributed by atoms with Crippen molar-refractivity contribution in [2.24, 2.45) is 11.3 Å². The lowest BCUT2D eigenvalue weighted by Gasteiger charge is -2.34. The Balaban J connectivity index is 2.58. The Morgan fingerprint density at radius 3 is 2.31 bits per heavy atom. The molecule has 1 aliphatic rings. The van der Waals surface area contributed by atoms with E-state index in [0.717, 1.165) is 4.90 Å². The minimum absolute atomic E-state index is 0.0500. The SMILES string of the molecule is CC1(C)CC(=O)N(CCC(=O)NN)C(=O)C1. The third-order valence-electron chi connectivity index (χ3n) is 2.59. The highest BCUT2D eigenvalue weighted by atomic mass is 16.2. The molecule has 0 spiro atoms. The molecule has 3 amide bonds. The van der Waals surface area contributed by atoms with Crippen LogP contribution in [-0.2, 0) is 14.4 Å². The quantitative estimate of drug-likeness (QED) is 0.295. The number of amides is 3. The molecule has 0 unspecified atom stereocenters. The van der Waals surface area contributed by atoms with Crippen molar-refractivity contribution in [3.05, 3.63) is 0 Å². The van der Waals surface area contributed by atoms with Crippen LogP contribution in [-0.4, -0.2) is 29.2 Å². The van der Waals surface area contributed by atoms with Gasteiger partial charge in [-0.15, -0.1) is 0 Å². The predicted molar refractivity (Wildman–Crippen MR) is 56.7 cm³/mol. The van der Waals surface area contributed by atoms with Crippen molar-refractivity contribution in [1.82, 2.24) is 10.3 Å². The Bertz CT molecular complexity index is 305. The van der Waals surface area contributed by atoms with E-state index in [2.05, 4.69) is 0 Å². The van der Waals surface area contributed by atoms with Gasteiger partial charge in [-0.25, -0.2) is 5.84 Å². The Hall–Kier alpha value is -1.43. The zero-order valence-electron chi connectivity index (χ0n) is 9.58. The first-order valence-corrected chi connectivity index (χ1v) is 5.18. The summed E-state index contributed by atoms with van der Waals surface area (Å²) in [6.45, 7) is 3.87. The number of hydrazine groups is 1. The zero-order chi connectivity index (χ0) is 12.3. The molecule has 16 heavy (non-hydrogen) atoms. The van der Waals surface area contributed by atoms with Crippen LogP contribution in [0.3, 0.4) is 0 Å². The number of hydrogen-bond acceptors (Lipinski definition) is 4. The van der Waals surface area contributed by atoms with Crippen molar-refractivity contribution in [1.29, 1.82) is 0 Å². The minimum atomic E-state index is -0.384. The maximum Gasteiger partial charge on any atom is 0.235 e. The molecular weight excluding hydrogens is 210 g/mol. The van der Waals surface area contributed by atoms with Gasteiger partial charge in [0.15, 0.2) is 0 Å². The monoisotopic (exact) mass is 227 g/mol. The lowest BCUT2D eigenvalue weighted by Crippen LogP contribution is -2.47. The molecule has 0 saturated carbocycles. The molecule has 0 atom stereocenters. The summed E-state index contributed by atoms with van der Waals surface area (Å²) in [6, 6.07) is 0. The van der Waals surface area contributed by atoms with Crippen LogP contribution in [0, 0.1) is 5.41 Å². The molecule has 3 N–H and O–H groups in total. The van der Waals surface area contributed by atoms with Crippen LogP contribution in [0.2, 0.25) is 0 Å². The molecule has 1 fully saturated rings. The van der Waals surface area contributed by atoms with E-state index in [1.54, 1.807) is 0 Å². The van der Waals surface area contributed by atoms with Gasteiger partial charge in [-0.2, -0.15) is 0 Å². The second-order valence-corrected chi connectivity index (χ2v) is 4.77. The van der Waals surface area contributed by atoms with Crippen LogP contribution in [0.25, 0.3) is 0 Å². The van der Waals surface area contributed by atoms with Crippen molar-refractivity contribution < 1.29 is 14.4 Å². The molecule has 90 valence electrons. The fraction of sp³-hybridized carbons (Fsp3) is 0.700. The smallest absolute Gasteiger partial charge is 0.235 e. The highest BCUT2D eigenvalue weighted by molar-refractivity contribution is 5.98. The maximum atomic E-state index is 11.7. The molecule has 1 heterocycles. The highest BCUT2D eigenvalue weighted by Crippen LogP contribution is 2.31. The van der Waals surface area contributed by atoms with Crippen LogP contribution in [0.1, 0.15) is 33.1 Å². The predicted octanol–water partition coefficient (Wildman–Crippen LogP) is -0.458. The molecule has 6 nitrogen and oxygen atoms in total. The van der Waals surface area contributed by atoms with Crippen molar-refractivity contribution in [3.8, 4) is 0 Å². The van der Waals surface area contributed by atoms with Crippen LogP contribution in [0.5, 0.6) is 0 Å². The van der Waals surface area contributed by atoms with Crippen molar-refractivity contribution >= 4 is 17.7 Å². The third-order valence-corrected chi connectivity index (χ3v) is 2.59. The van der Waals surface area contributed by atoms with E-state index in [1.807, 2.05) is 19.3 Å². The largest absolute Gasteiger partial charge is 0.294 e.